The number of fused-ring (bicyclic) bond motifs is 1. The Labute approximate surface area is 154 Å². The summed E-state index contributed by atoms with van der Waals surface area (Å²) in [6.07, 6.45) is 5.28. The first kappa shape index (κ1) is 17.5. The average molecular weight is 357 g/mol. The Kier molecular flexibility index (Phi) is 4.96. The molecule has 4 rings (SSSR count). The Morgan fingerprint density at radius 3 is 3.04 bits per heavy atom. The molecule has 2 fully saturated rings. The first-order chi connectivity index (χ1) is 12.7. The van der Waals surface area contributed by atoms with Gasteiger partial charge in [0.05, 0.1) is 18.4 Å². The second kappa shape index (κ2) is 7.37. The monoisotopic (exact) mass is 357 g/mol. The van der Waals surface area contributed by atoms with Crippen LogP contribution in [-0.2, 0) is 11.3 Å². The van der Waals surface area contributed by atoms with Crippen molar-refractivity contribution in [2.45, 2.75) is 45.8 Å². The van der Waals surface area contributed by atoms with Crippen LogP contribution in [0.25, 0.3) is 0 Å². The standard InChI is InChI=1S/C20H27N3O3/c1-15-17(16(2)26-22-15)12-23-10-7-18-20(13-23,8-5-11-24-18)14-25-19-6-3-4-9-21-19/h3-4,6,9,18H,5,7-8,10-14H2,1-2H3/t18-,20-/m0/s1. The zero-order chi connectivity index (χ0) is 18.0. The molecular formula is C20H27N3O3. The van der Waals surface area contributed by atoms with E-state index >= 15 is 0 Å². The fourth-order valence-electron chi connectivity index (χ4n) is 4.33. The van der Waals surface area contributed by atoms with Crippen LogP contribution in [-0.4, -0.2) is 47.4 Å². The number of hydrogen-bond donors (Lipinski definition) is 0. The predicted octanol–water partition coefficient (Wildman–Crippen LogP) is 3.14. The van der Waals surface area contributed by atoms with Crippen molar-refractivity contribution >= 4 is 0 Å². The molecule has 2 saturated heterocycles. The lowest BCUT2D eigenvalue weighted by Gasteiger charge is -2.50. The number of likely N-dealkylation sites (tertiary alicyclic amines) is 1. The van der Waals surface area contributed by atoms with Crippen molar-refractivity contribution in [1.29, 1.82) is 0 Å². The SMILES string of the molecule is Cc1noc(C)c1CN1CC[C@@H]2OCCC[C@@]2(COc2ccccn2)C1. The second-order valence-electron chi connectivity index (χ2n) is 7.58. The van der Waals surface area contributed by atoms with Gasteiger partial charge in [0.25, 0.3) is 0 Å². The van der Waals surface area contributed by atoms with Gasteiger partial charge < -0.3 is 14.0 Å². The number of piperidine rings is 1. The smallest absolute Gasteiger partial charge is 0.213 e. The summed E-state index contributed by atoms with van der Waals surface area (Å²) in [5.41, 5.74) is 2.22. The maximum Gasteiger partial charge on any atom is 0.213 e. The number of pyridine rings is 1. The minimum absolute atomic E-state index is 0.0208. The van der Waals surface area contributed by atoms with Gasteiger partial charge in [-0.15, -0.1) is 0 Å². The third kappa shape index (κ3) is 3.48. The van der Waals surface area contributed by atoms with Crippen molar-refractivity contribution in [3.63, 3.8) is 0 Å². The van der Waals surface area contributed by atoms with Gasteiger partial charge in [-0.1, -0.05) is 11.2 Å². The van der Waals surface area contributed by atoms with Crippen LogP contribution in [0.1, 0.15) is 36.3 Å². The molecule has 0 aromatic carbocycles. The van der Waals surface area contributed by atoms with Gasteiger partial charge in [0.15, 0.2) is 0 Å². The van der Waals surface area contributed by atoms with Crippen molar-refractivity contribution < 1.29 is 14.0 Å². The minimum Gasteiger partial charge on any atom is -0.477 e. The van der Waals surface area contributed by atoms with Gasteiger partial charge in [-0.25, -0.2) is 4.98 Å². The number of rotatable bonds is 5. The van der Waals surface area contributed by atoms with Gasteiger partial charge in [-0.2, -0.15) is 0 Å². The van der Waals surface area contributed by atoms with E-state index in [2.05, 4.69) is 15.0 Å². The number of aromatic nitrogens is 2. The Morgan fingerprint density at radius 1 is 1.35 bits per heavy atom. The van der Waals surface area contributed by atoms with E-state index in [-0.39, 0.29) is 11.5 Å². The summed E-state index contributed by atoms with van der Waals surface area (Å²) < 4.78 is 17.6. The molecule has 2 aromatic heterocycles. The van der Waals surface area contributed by atoms with E-state index in [0.29, 0.717) is 12.5 Å². The molecule has 140 valence electrons. The Balaban J connectivity index is 1.49. The van der Waals surface area contributed by atoms with E-state index in [1.165, 1.54) is 5.56 Å². The van der Waals surface area contributed by atoms with E-state index in [1.54, 1.807) is 6.20 Å². The highest BCUT2D eigenvalue weighted by atomic mass is 16.5. The van der Waals surface area contributed by atoms with E-state index in [1.807, 2.05) is 32.0 Å². The molecule has 0 unspecified atom stereocenters. The van der Waals surface area contributed by atoms with Crippen LogP contribution in [0.4, 0.5) is 0 Å². The van der Waals surface area contributed by atoms with Gasteiger partial charge in [0, 0.05) is 49.5 Å². The van der Waals surface area contributed by atoms with Crippen molar-refractivity contribution in [3.8, 4) is 5.88 Å². The van der Waals surface area contributed by atoms with Crippen LogP contribution in [0, 0.1) is 19.3 Å². The molecule has 0 bridgehead atoms. The number of ether oxygens (including phenoxy) is 2. The Morgan fingerprint density at radius 2 is 2.27 bits per heavy atom. The molecule has 6 nitrogen and oxygen atoms in total. The molecule has 0 amide bonds. The highest BCUT2D eigenvalue weighted by Crippen LogP contribution is 2.41. The summed E-state index contributed by atoms with van der Waals surface area (Å²) in [4.78, 5) is 6.80. The topological polar surface area (TPSA) is 60.6 Å². The lowest BCUT2D eigenvalue weighted by molar-refractivity contribution is -0.141. The molecular weight excluding hydrogens is 330 g/mol. The number of aryl methyl sites for hydroxylation is 2. The van der Waals surface area contributed by atoms with E-state index in [4.69, 9.17) is 14.0 Å². The summed E-state index contributed by atoms with van der Waals surface area (Å²) in [6.45, 7) is 8.38. The first-order valence-corrected chi connectivity index (χ1v) is 9.46. The quantitative estimate of drug-likeness (QED) is 0.819. The summed E-state index contributed by atoms with van der Waals surface area (Å²) in [6, 6.07) is 5.78. The predicted molar refractivity (Wildman–Crippen MR) is 97.0 cm³/mol. The van der Waals surface area contributed by atoms with Gasteiger partial charge in [-0.3, -0.25) is 4.90 Å². The Hall–Kier alpha value is -1.92. The van der Waals surface area contributed by atoms with Gasteiger partial charge in [-0.05, 0) is 39.2 Å². The fourth-order valence-corrected chi connectivity index (χ4v) is 4.33. The van der Waals surface area contributed by atoms with Crippen LogP contribution in [0.15, 0.2) is 28.9 Å². The molecule has 6 heteroatoms. The fraction of sp³-hybridized carbons (Fsp3) is 0.600. The van der Waals surface area contributed by atoms with Crippen molar-refractivity contribution in [1.82, 2.24) is 15.0 Å². The highest BCUT2D eigenvalue weighted by Gasteiger charge is 2.46. The molecule has 2 aromatic rings. The van der Waals surface area contributed by atoms with Crippen LogP contribution in [0.3, 0.4) is 0 Å². The molecule has 26 heavy (non-hydrogen) atoms. The van der Waals surface area contributed by atoms with Crippen LogP contribution in [0.5, 0.6) is 5.88 Å². The van der Waals surface area contributed by atoms with E-state index < -0.39 is 0 Å². The summed E-state index contributed by atoms with van der Waals surface area (Å²) in [5, 5.41) is 4.10. The van der Waals surface area contributed by atoms with Gasteiger partial charge >= 0.3 is 0 Å². The molecule has 2 atom stereocenters. The minimum atomic E-state index is 0.0208. The molecule has 4 heterocycles. The zero-order valence-corrected chi connectivity index (χ0v) is 15.6. The lowest BCUT2D eigenvalue weighted by Crippen LogP contribution is -2.57. The largest absolute Gasteiger partial charge is 0.477 e. The third-order valence-electron chi connectivity index (χ3n) is 5.78. The molecule has 0 aliphatic carbocycles. The lowest BCUT2D eigenvalue weighted by atomic mass is 9.73. The molecule has 0 saturated carbocycles. The Bertz CT molecular complexity index is 714. The zero-order valence-electron chi connectivity index (χ0n) is 15.6. The molecule has 0 radical (unpaired) electrons. The van der Waals surface area contributed by atoms with Gasteiger partial charge in [0.2, 0.25) is 5.88 Å². The van der Waals surface area contributed by atoms with E-state index in [0.717, 1.165) is 57.0 Å². The number of hydrogen-bond acceptors (Lipinski definition) is 6. The van der Waals surface area contributed by atoms with Crippen LogP contribution < -0.4 is 4.74 Å². The van der Waals surface area contributed by atoms with Crippen molar-refractivity contribution in [3.05, 3.63) is 41.4 Å². The maximum absolute atomic E-state index is 6.15. The molecule has 0 spiro atoms. The molecule has 2 aliphatic rings. The number of nitrogens with zero attached hydrogens (tertiary/aromatic N) is 3. The van der Waals surface area contributed by atoms with E-state index in [9.17, 15) is 0 Å². The second-order valence-corrected chi connectivity index (χ2v) is 7.58. The highest BCUT2D eigenvalue weighted by molar-refractivity contribution is 5.21. The average Bonchev–Trinajstić information content (AvgIpc) is 2.99. The van der Waals surface area contributed by atoms with Crippen LogP contribution in [0.2, 0.25) is 0 Å². The third-order valence-corrected chi connectivity index (χ3v) is 5.78. The molecule has 2 aliphatic heterocycles. The summed E-state index contributed by atoms with van der Waals surface area (Å²) >= 11 is 0. The first-order valence-electron chi connectivity index (χ1n) is 9.46. The van der Waals surface area contributed by atoms with Crippen molar-refractivity contribution in [2.75, 3.05) is 26.3 Å². The summed E-state index contributed by atoms with van der Waals surface area (Å²) in [5.74, 6) is 1.61. The van der Waals surface area contributed by atoms with Gasteiger partial charge in [0.1, 0.15) is 5.76 Å². The van der Waals surface area contributed by atoms with Crippen LogP contribution >= 0.6 is 0 Å². The van der Waals surface area contributed by atoms with Crippen molar-refractivity contribution in [2.24, 2.45) is 5.41 Å². The normalized spacial score (nSPS) is 26.5. The maximum atomic E-state index is 6.15. The summed E-state index contributed by atoms with van der Waals surface area (Å²) in [7, 11) is 0. The molecule has 0 N–H and O–H groups in total.